The van der Waals surface area contributed by atoms with E-state index in [1.54, 1.807) is 6.07 Å². The van der Waals surface area contributed by atoms with Crippen LogP contribution in [-0.4, -0.2) is 49.4 Å². The molecule has 0 saturated heterocycles. The predicted octanol–water partition coefficient (Wildman–Crippen LogP) is 2.05. The molecule has 18 heavy (non-hydrogen) atoms. The molecule has 2 N–H and O–H groups in total. The molecule has 0 saturated carbocycles. The number of likely N-dealkylation sites (N-methyl/N-ethyl adjacent to an activating group) is 1. The summed E-state index contributed by atoms with van der Waals surface area (Å²) in [4.78, 5) is 18.1. The lowest BCUT2D eigenvalue weighted by atomic mass is 10.3. The third kappa shape index (κ3) is 3.99. The molecule has 0 fully saturated rings. The van der Waals surface area contributed by atoms with Gasteiger partial charge in [0.15, 0.2) is 0 Å². The fraction of sp³-hybridized carbons (Fsp3) is 0.615. The number of carbonyl (C=O) groups is 1. The Morgan fingerprint density at radius 1 is 1.33 bits per heavy atom. The van der Waals surface area contributed by atoms with Gasteiger partial charge in [-0.15, -0.1) is 11.3 Å². The molecule has 0 bridgehead atoms. The summed E-state index contributed by atoms with van der Waals surface area (Å²) in [5.41, 5.74) is 6.52. The van der Waals surface area contributed by atoms with Crippen LogP contribution in [0.2, 0.25) is 0 Å². The van der Waals surface area contributed by atoms with Crippen LogP contribution in [-0.2, 0) is 0 Å². The Balaban J connectivity index is 2.75. The number of rotatable bonds is 6. The maximum Gasteiger partial charge on any atom is 0.264 e. The van der Waals surface area contributed by atoms with Crippen LogP contribution < -0.4 is 5.73 Å². The van der Waals surface area contributed by atoms with Gasteiger partial charge in [0.1, 0.15) is 0 Å². The highest BCUT2D eigenvalue weighted by atomic mass is 32.1. The highest BCUT2D eigenvalue weighted by Gasteiger charge is 2.17. The minimum atomic E-state index is 0.100. The first kappa shape index (κ1) is 15.0. The van der Waals surface area contributed by atoms with Crippen molar-refractivity contribution in [2.45, 2.75) is 20.3 Å². The summed E-state index contributed by atoms with van der Waals surface area (Å²) in [5.74, 6) is 0.100. The monoisotopic (exact) mass is 269 g/mol. The van der Waals surface area contributed by atoms with Crippen molar-refractivity contribution in [3.05, 3.63) is 15.8 Å². The molecule has 102 valence electrons. The summed E-state index contributed by atoms with van der Waals surface area (Å²) in [6, 6.07) is 1.79. The molecule has 1 amide bonds. The number of hydrogen-bond acceptors (Lipinski definition) is 4. The number of nitrogens with two attached hydrogens (primary N) is 1. The molecular weight excluding hydrogens is 246 g/mol. The number of thiophene rings is 1. The molecule has 0 atom stereocenters. The molecule has 0 aliphatic rings. The van der Waals surface area contributed by atoms with Crippen LogP contribution in [0.4, 0.5) is 5.69 Å². The van der Waals surface area contributed by atoms with Gasteiger partial charge in [0.2, 0.25) is 0 Å². The summed E-state index contributed by atoms with van der Waals surface area (Å²) in [7, 11) is 4.03. The molecule has 1 aromatic rings. The lowest BCUT2D eigenvalue weighted by Crippen LogP contribution is -2.36. The maximum atomic E-state index is 12.4. The first-order chi connectivity index (χ1) is 8.45. The molecule has 0 spiro atoms. The van der Waals surface area contributed by atoms with Crippen LogP contribution in [0.25, 0.3) is 0 Å². The number of nitrogen functional groups attached to an aromatic ring is 1. The normalized spacial score (nSPS) is 10.9. The SMILES string of the molecule is CCCN(CCN(C)C)C(=O)c1cc(N)c(C)s1. The van der Waals surface area contributed by atoms with Gasteiger partial charge in [0, 0.05) is 30.2 Å². The molecule has 5 heteroatoms. The lowest BCUT2D eigenvalue weighted by molar-refractivity contribution is 0.0750. The van der Waals surface area contributed by atoms with Crippen molar-refractivity contribution in [3.63, 3.8) is 0 Å². The molecule has 4 nitrogen and oxygen atoms in total. The number of hydrogen-bond donors (Lipinski definition) is 1. The average molecular weight is 269 g/mol. The Labute approximate surface area is 113 Å². The Kier molecular flexibility index (Phi) is 5.62. The summed E-state index contributed by atoms with van der Waals surface area (Å²) < 4.78 is 0. The standard InChI is InChI=1S/C13H23N3OS/c1-5-6-16(8-7-15(3)4)13(17)12-9-11(14)10(2)18-12/h9H,5-8,14H2,1-4H3. The molecule has 1 rings (SSSR count). The van der Waals surface area contributed by atoms with E-state index in [9.17, 15) is 4.79 Å². The van der Waals surface area contributed by atoms with E-state index in [1.165, 1.54) is 11.3 Å². The second-order valence-corrected chi connectivity index (χ2v) is 5.97. The van der Waals surface area contributed by atoms with Gasteiger partial charge in [-0.05, 0) is 33.5 Å². The zero-order valence-corrected chi connectivity index (χ0v) is 12.5. The molecule has 0 unspecified atom stereocenters. The molecule has 1 aromatic heterocycles. The Morgan fingerprint density at radius 2 is 2.00 bits per heavy atom. The second kappa shape index (κ2) is 6.75. The van der Waals surface area contributed by atoms with Gasteiger partial charge in [-0.1, -0.05) is 6.92 Å². The van der Waals surface area contributed by atoms with E-state index in [0.717, 1.165) is 35.8 Å². The first-order valence-electron chi connectivity index (χ1n) is 6.25. The molecular formula is C13H23N3OS. The molecule has 0 aliphatic carbocycles. The van der Waals surface area contributed by atoms with E-state index in [4.69, 9.17) is 5.73 Å². The van der Waals surface area contributed by atoms with E-state index >= 15 is 0 Å². The van der Waals surface area contributed by atoms with Crippen LogP contribution >= 0.6 is 11.3 Å². The quantitative estimate of drug-likeness (QED) is 0.860. The number of anilines is 1. The van der Waals surface area contributed by atoms with Gasteiger partial charge in [-0.3, -0.25) is 4.79 Å². The van der Waals surface area contributed by atoms with Crippen LogP contribution in [0.3, 0.4) is 0 Å². The van der Waals surface area contributed by atoms with Crippen molar-refractivity contribution < 1.29 is 4.79 Å². The van der Waals surface area contributed by atoms with Crippen molar-refractivity contribution in [1.29, 1.82) is 0 Å². The van der Waals surface area contributed by atoms with Gasteiger partial charge >= 0.3 is 0 Å². The van der Waals surface area contributed by atoms with Gasteiger partial charge in [0.05, 0.1) is 4.88 Å². The topological polar surface area (TPSA) is 49.6 Å². The van der Waals surface area contributed by atoms with Crippen molar-refractivity contribution in [3.8, 4) is 0 Å². The number of amides is 1. The number of nitrogens with zero attached hydrogens (tertiary/aromatic N) is 2. The van der Waals surface area contributed by atoms with Crippen molar-refractivity contribution >= 4 is 22.9 Å². The van der Waals surface area contributed by atoms with Gasteiger partial charge in [0.25, 0.3) is 5.91 Å². The van der Waals surface area contributed by atoms with E-state index in [1.807, 2.05) is 25.9 Å². The summed E-state index contributed by atoms with van der Waals surface area (Å²) in [5, 5.41) is 0. The fourth-order valence-electron chi connectivity index (χ4n) is 1.66. The summed E-state index contributed by atoms with van der Waals surface area (Å²) >= 11 is 1.48. The largest absolute Gasteiger partial charge is 0.398 e. The maximum absolute atomic E-state index is 12.4. The third-order valence-corrected chi connectivity index (χ3v) is 3.82. The van der Waals surface area contributed by atoms with Crippen molar-refractivity contribution in [2.75, 3.05) is 39.5 Å². The molecule has 0 aliphatic heterocycles. The Bertz CT molecular complexity index is 381. The lowest BCUT2D eigenvalue weighted by Gasteiger charge is -2.23. The minimum absolute atomic E-state index is 0.100. The van der Waals surface area contributed by atoms with E-state index < -0.39 is 0 Å². The van der Waals surface area contributed by atoms with E-state index in [0.29, 0.717) is 5.69 Å². The van der Waals surface area contributed by atoms with Crippen molar-refractivity contribution in [2.24, 2.45) is 0 Å². The first-order valence-corrected chi connectivity index (χ1v) is 7.07. The third-order valence-electron chi connectivity index (χ3n) is 2.76. The molecule has 0 aromatic carbocycles. The summed E-state index contributed by atoms with van der Waals surface area (Å²) in [6.07, 6.45) is 0.971. The van der Waals surface area contributed by atoms with Crippen LogP contribution in [0.5, 0.6) is 0 Å². The molecule has 1 heterocycles. The van der Waals surface area contributed by atoms with Crippen LogP contribution in [0.1, 0.15) is 27.9 Å². The fourth-order valence-corrected chi connectivity index (χ4v) is 2.57. The number of carbonyl (C=O) groups excluding carboxylic acids is 1. The van der Waals surface area contributed by atoms with Gasteiger partial charge in [-0.2, -0.15) is 0 Å². The van der Waals surface area contributed by atoms with Crippen LogP contribution in [0, 0.1) is 6.92 Å². The minimum Gasteiger partial charge on any atom is -0.398 e. The highest BCUT2D eigenvalue weighted by Crippen LogP contribution is 2.24. The average Bonchev–Trinajstić information content (AvgIpc) is 2.64. The van der Waals surface area contributed by atoms with E-state index in [2.05, 4.69) is 11.8 Å². The van der Waals surface area contributed by atoms with Gasteiger partial charge < -0.3 is 15.5 Å². The van der Waals surface area contributed by atoms with Gasteiger partial charge in [-0.25, -0.2) is 0 Å². The van der Waals surface area contributed by atoms with Crippen molar-refractivity contribution in [1.82, 2.24) is 9.80 Å². The highest BCUT2D eigenvalue weighted by molar-refractivity contribution is 7.14. The molecule has 0 radical (unpaired) electrons. The summed E-state index contributed by atoms with van der Waals surface area (Å²) in [6.45, 7) is 6.47. The van der Waals surface area contributed by atoms with E-state index in [-0.39, 0.29) is 5.91 Å². The number of aryl methyl sites for hydroxylation is 1. The van der Waals surface area contributed by atoms with Crippen LogP contribution in [0.15, 0.2) is 6.07 Å². The smallest absolute Gasteiger partial charge is 0.264 e. The Hall–Kier alpha value is -1.07. The second-order valence-electron chi connectivity index (χ2n) is 4.72. The zero-order valence-electron chi connectivity index (χ0n) is 11.7. The Morgan fingerprint density at radius 3 is 2.44 bits per heavy atom. The zero-order chi connectivity index (χ0) is 13.7. The predicted molar refractivity (Wildman–Crippen MR) is 78.2 cm³/mol.